The highest BCUT2D eigenvalue weighted by atomic mass is 32.2. The molecule has 0 bridgehead atoms. The van der Waals surface area contributed by atoms with E-state index in [1.165, 1.54) is 48.5 Å². The topological polar surface area (TPSA) is 95.6 Å². The molecule has 1 aliphatic carbocycles. The first-order valence-corrected chi connectivity index (χ1v) is 11.5. The first kappa shape index (κ1) is 18.8. The second kappa shape index (κ2) is 7.32. The van der Waals surface area contributed by atoms with Crippen molar-refractivity contribution in [2.45, 2.75) is 41.5 Å². The monoisotopic (exact) mass is 387 g/mol. The Morgan fingerprint density at radius 3 is 2.04 bits per heavy atom. The average Bonchev–Trinajstić information content (AvgIpc) is 3.45. The molecular formula is C16H25N3O4S2. The molecule has 3 rings (SSSR count). The molecule has 0 radical (unpaired) electrons. The van der Waals surface area contributed by atoms with Crippen molar-refractivity contribution < 1.29 is 16.8 Å². The molecule has 2 N–H and O–H groups in total. The molecule has 1 aromatic rings. The Bertz CT molecular complexity index is 794. The molecule has 1 aromatic carbocycles. The summed E-state index contributed by atoms with van der Waals surface area (Å²) in [5.74, 6) is 0.814. The third-order valence-corrected chi connectivity index (χ3v) is 8.23. The van der Waals surface area contributed by atoms with Crippen LogP contribution in [0.1, 0.15) is 25.7 Å². The molecule has 1 heterocycles. The van der Waals surface area contributed by atoms with Gasteiger partial charge in [0.05, 0.1) is 9.79 Å². The minimum atomic E-state index is -3.58. The minimum Gasteiger partial charge on any atom is -0.314 e. The summed E-state index contributed by atoms with van der Waals surface area (Å²) in [6, 6.07) is 5.74. The van der Waals surface area contributed by atoms with E-state index in [0.29, 0.717) is 19.1 Å². The Labute approximate surface area is 149 Å². The van der Waals surface area contributed by atoms with E-state index in [9.17, 15) is 16.8 Å². The largest absolute Gasteiger partial charge is 0.314 e. The van der Waals surface area contributed by atoms with Crippen LogP contribution in [0.25, 0.3) is 0 Å². The van der Waals surface area contributed by atoms with Crippen LogP contribution in [-0.2, 0) is 20.0 Å². The Balaban J connectivity index is 1.63. The van der Waals surface area contributed by atoms with Crippen molar-refractivity contribution in [3.63, 3.8) is 0 Å². The summed E-state index contributed by atoms with van der Waals surface area (Å²) < 4.78 is 52.7. The summed E-state index contributed by atoms with van der Waals surface area (Å²) in [6.45, 7) is 2.02. The van der Waals surface area contributed by atoms with Crippen LogP contribution < -0.4 is 10.0 Å². The zero-order chi connectivity index (χ0) is 18.1. The maximum Gasteiger partial charge on any atom is 0.243 e. The van der Waals surface area contributed by atoms with Crippen LogP contribution in [0.4, 0.5) is 0 Å². The molecule has 0 amide bonds. The van der Waals surface area contributed by atoms with Gasteiger partial charge in [-0.05, 0) is 69.5 Å². The van der Waals surface area contributed by atoms with Crippen LogP contribution in [0.15, 0.2) is 34.1 Å². The number of nitrogens with zero attached hydrogens (tertiary/aromatic N) is 1. The maximum absolute atomic E-state index is 12.7. The summed E-state index contributed by atoms with van der Waals surface area (Å²) in [4.78, 5) is 0.184. The van der Waals surface area contributed by atoms with Crippen molar-refractivity contribution in [2.75, 3.05) is 26.7 Å². The highest BCUT2D eigenvalue weighted by Crippen LogP contribution is 2.28. The summed E-state index contributed by atoms with van der Waals surface area (Å²) >= 11 is 0. The quantitative estimate of drug-likeness (QED) is 0.720. The van der Waals surface area contributed by atoms with Crippen molar-refractivity contribution >= 4 is 20.0 Å². The Morgan fingerprint density at radius 2 is 1.52 bits per heavy atom. The van der Waals surface area contributed by atoms with Gasteiger partial charge >= 0.3 is 0 Å². The van der Waals surface area contributed by atoms with Crippen LogP contribution in [0.5, 0.6) is 0 Å². The van der Waals surface area contributed by atoms with Crippen LogP contribution in [-0.4, -0.2) is 53.9 Å². The third-order valence-electron chi connectivity index (χ3n) is 4.89. The van der Waals surface area contributed by atoms with Gasteiger partial charge in [-0.25, -0.2) is 21.6 Å². The zero-order valence-electron chi connectivity index (χ0n) is 14.3. The van der Waals surface area contributed by atoms with E-state index in [4.69, 9.17) is 0 Å². The van der Waals surface area contributed by atoms with Gasteiger partial charge in [0.25, 0.3) is 0 Å². The van der Waals surface area contributed by atoms with E-state index in [0.717, 1.165) is 25.3 Å². The average molecular weight is 388 g/mol. The molecule has 0 spiro atoms. The molecule has 140 valence electrons. The number of nitrogens with one attached hydrogen (secondary N) is 2. The Morgan fingerprint density at radius 1 is 0.960 bits per heavy atom. The van der Waals surface area contributed by atoms with Gasteiger partial charge in [0.15, 0.2) is 0 Å². The van der Waals surface area contributed by atoms with E-state index in [-0.39, 0.29) is 9.79 Å². The first-order valence-electron chi connectivity index (χ1n) is 8.60. The van der Waals surface area contributed by atoms with Crippen LogP contribution >= 0.6 is 0 Å². The van der Waals surface area contributed by atoms with E-state index < -0.39 is 20.0 Å². The lowest BCUT2D eigenvalue weighted by Crippen LogP contribution is -2.45. The van der Waals surface area contributed by atoms with E-state index in [2.05, 4.69) is 10.0 Å². The van der Waals surface area contributed by atoms with Gasteiger partial charge in [0.2, 0.25) is 20.0 Å². The van der Waals surface area contributed by atoms with Gasteiger partial charge in [-0.1, -0.05) is 0 Å². The Hall–Kier alpha value is -1.00. The van der Waals surface area contributed by atoms with Crippen molar-refractivity contribution in [2.24, 2.45) is 5.92 Å². The Kier molecular flexibility index (Phi) is 5.50. The molecule has 2 aliphatic rings. The molecule has 0 aromatic heterocycles. The van der Waals surface area contributed by atoms with Crippen molar-refractivity contribution in [3.8, 4) is 0 Å². The smallest absolute Gasteiger partial charge is 0.243 e. The molecule has 0 atom stereocenters. The number of rotatable bonds is 7. The van der Waals surface area contributed by atoms with Gasteiger partial charge in [-0.15, -0.1) is 0 Å². The fraction of sp³-hybridized carbons (Fsp3) is 0.625. The van der Waals surface area contributed by atoms with Gasteiger partial charge in [-0.2, -0.15) is 4.31 Å². The maximum atomic E-state index is 12.7. The number of benzene rings is 1. The fourth-order valence-electron chi connectivity index (χ4n) is 3.01. The van der Waals surface area contributed by atoms with E-state index >= 15 is 0 Å². The molecule has 2 fully saturated rings. The number of sulfonamides is 2. The number of piperidine rings is 1. The first-order chi connectivity index (χ1) is 11.8. The SMILES string of the molecule is CNS(=O)(=O)c1ccc(S(=O)(=O)N2CCC(NCC3CC3)CC2)cc1. The number of hydrogen-bond acceptors (Lipinski definition) is 5. The highest BCUT2D eigenvalue weighted by Gasteiger charge is 2.30. The molecule has 25 heavy (non-hydrogen) atoms. The molecule has 0 unspecified atom stereocenters. The summed E-state index contributed by atoms with van der Waals surface area (Å²) in [5.41, 5.74) is 0. The summed E-state index contributed by atoms with van der Waals surface area (Å²) in [7, 11) is -5.83. The molecule has 1 aliphatic heterocycles. The van der Waals surface area contributed by atoms with E-state index in [1.807, 2.05) is 0 Å². The third kappa shape index (κ3) is 4.40. The minimum absolute atomic E-state index is 0.0527. The molecule has 7 nitrogen and oxygen atoms in total. The second-order valence-electron chi connectivity index (χ2n) is 6.71. The normalized spacial score (nSPS) is 20.7. The predicted molar refractivity (Wildman–Crippen MR) is 95.2 cm³/mol. The second-order valence-corrected chi connectivity index (χ2v) is 10.5. The number of hydrogen-bond donors (Lipinski definition) is 2. The zero-order valence-corrected chi connectivity index (χ0v) is 15.9. The van der Waals surface area contributed by atoms with Gasteiger partial charge in [-0.3, -0.25) is 0 Å². The van der Waals surface area contributed by atoms with Crippen LogP contribution in [0.2, 0.25) is 0 Å². The lowest BCUT2D eigenvalue weighted by atomic mass is 10.1. The predicted octanol–water partition coefficient (Wildman–Crippen LogP) is 0.747. The molecule has 1 saturated heterocycles. The van der Waals surface area contributed by atoms with Crippen molar-refractivity contribution in [1.29, 1.82) is 0 Å². The summed E-state index contributed by atoms with van der Waals surface area (Å²) in [6.07, 6.45) is 4.22. The van der Waals surface area contributed by atoms with E-state index in [1.54, 1.807) is 0 Å². The van der Waals surface area contributed by atoms with Gasteiger partial charge in [0.1, 0.15) is 0 Å². The van der Waals surface area contributed by atoms with Gasteiger partial charge < -0.3 is 5.32 Å². The van der Waals surface area contributed by atoms with Crippen LogP contribution in [0, 0.1) is 5.92 Å². The van der Waals surface area contributed by atoms with Crippen LogP contribution in [0.3, 0.4) is 0 Å². The fourth-order valence-corrected chi connectivity index (χ4v) is 5.21. The van der Waals surface area contributed by atoms with Gasteiger partial charge in [0, 0.05) is 19.1 Å². The molecular weight excluding hydrogens is 362 g/mol. The molecule has 1 saturated carbocycles. The standard InChI is InChI=1S/C16H25N3O4S2/c1-17-24(20,21)15-4-6-16(7-5-15)25(22,23)19-10-8-14(9-11-19)18-12-13-2-3-13/h4-7,13-14,17-18H,2-3,8-12H2,1H3. The lowest BCUT2D eigenvalue weighted by Gasteiger charge is -2.31. The van der Waals surface area contributed by atoms with Crippen molar-refractivity contribution in [1.82, 2.24) is 14.3 Å². The molecule has 9 heteroatoms. The summed E-state index contributed by atoms with van der Waals surface area (Å²) in [5, 5.41) is 3.53. The lowest BCUT2D eigenvalue weighted by molar-refractivity contribution is 0.288. The highest BCUT2D eigenvalue weighted by molar-refractivity contribution is 7.89. The van der Waals surface area contributed by atoms with Crippen molar-refractivity contribution in [3.05, 3.63) is 24.3 Å².